The molecule has 1 aromatic heterocycles. The van der Waals surface area contributed by atoms with E-state index in [1.807, 2.05) is 13.8 Å². The lowest BCUT2D eigenvalue weighted by Gasteiger charge is -2.21. The fourth-order valence-corrected chi connectivity index (χ4v) is 4.05. The summed E-state index contributed by atoms with van der Waals surface area (Å²) in [4.78, 5) is 20.3. The molecule has 0 radical (unpaired) electrons. The molecule has 2 aliphatic rings. The van der Waals surface area contributed by atoms with E-state index in [1.165, 1.54) is 12.4 Å². The molecule has 2 saturated heterocycles. The minimum Gasteiger partial charge on any atom is -0.360 e. The highest BCUT2D eigenvalue weighted by Gasteiger charge is 2.51. The summed E-state index contributed by atoms with van der Waals surface area (Å²) in [6, 6.07) is 0. The van der Waals surface area contributed by atoms with Gasteiger partial charge in [0.25, 0.3) is 0 Å². The van der Waals surface area contributed by atoms with Crippen LogP contribution in [0.5, 0.6) is 0 Å². The first-order chi connectivity index (χ1) is 9.96. The van der Waals surface area contributed by atoms with Crippen LogP contribution in [0.3, 0.4) is 0 Å². The first-order valence-electron chi connectivity index (χ1n) is 6.66. The maximum atomic E-state index is 12.4. The van der Waals surface area contributed by atoms with Crippen LogP contribution in [0.2, 0.25) is 5.15 Å². The molecular formula is C13H16ClN3O3S. The zero-order chi connectivity index (χ0) is 15.0. The number of rotatable bonds is 4. The summed E-state index contributed by atoms with van der Waals surface area (Å²) in [7, 11) is 0. The maximum absolute atomic E-state index is 12.4. The lowest BCUT2D eigenvalue weighted by Crippen LogP contribution is -2.36. The quantitative estimate of drug-likeness (QED) is 0.902. The van der Waals surface area contributed by atoms with Crippen LogP contribution in [0, 0.1) is 0 Å². The first kappa shape index (κ1) is 15.0. The van der Waals surface area contributed by atoms with Crippen molar-refractivity contribution in [3.63, 3.8) is 0 Å². The van der Waals surface area contributed by atoms with Crippen molar-refractivity contribution in [1.82, 2.24) is 9.97 Å². The Morgan fingerprint density at radius 1 is 1.48 bits per heavy atom. The number of carbonyl (C=O) groups excluding carboxylic acids is 1. The third-order valence-electron chi connectivity index (χ3n) is 3.36. The van der Waals surface area contributed by atoms with Crippen molar-refractivity contribution >= 4 is 35.0 Å². The van der Waals surface area contributed by atoms with Crippen LogP contribution in [-0.4, -0.2) is 51.3 Å². The number of carbonyl (C=O) groups is 1. The zero-order valence-electron chi connectivity index (χ0n) is 11.7. The summed E-state index contributed by atoms with van der Waals surface area (Å²) in [5.74, 6) is 0.624. The predicted octanol–water partition coefficient (Wildman–Crippen LogP) is 1.75. The summed E-state index contributed by atoms with van der Waals surface area (Å²) in [6.07, 6.45) is 2.82. The van der Waals surface area contributed by atoms with E-state index < -0.39 is 5.79 Å². The minimum atomic E-state index is -0.615. The number of anilines is 1. The van der Waals surface area contributed by atoms with Gasteiger partial charge in [-0.05, 0) is 13.8 Å². The van der Waals surface area contributed by atoms with Crippen LogP contribution in [0.4, 0.5) is 5.82 Å². The number of hydrogen-bond acceptors (Lipinski definition) is 7. The topological polar surface area (TPSA) is 73.3 Å². The highest BCUT2D eigenvalue weighted by molar-refractivity contribution is 8.01. The van der Waals surface area contributed by atoms with Gasteiger partial charge in [0.15, 0.2) is 22.5 Å². The van der Waals surface area contributed by atoms with Crippen LogP contribution >= 0.6 is 23.4 Å². The fraction of sp³-hybridized carbons (Fsp3) is 0.615. The molecule has 0 unspecified atom stereocenters. The molecule has 3 heterocycles. The van der Waals surface area contributed by atoms with E-state index in [-0.39, 0.29) is 34.9 Å². The van der Waals surface area contributed by atoms with Crippen molar-refractivity contribution < 1.29 is 14.3 Å². The molecule has 114 valence electrons. The molecule has 0 amide bonds. The van der Waals surface area contributed by atoms with Gasteiger partial charge in [0, 0.05) is 18.1 Å². The largest absolute Gasteiger partial charge is 0.360 e. The molecule has 3 atom stereocenters. The van der Waals surface area contributed by atoms with Crippen LogP contribution in [0.25, 0.3) is 0 Å². The second-order valence-corrected chi connectivity index (χ2v) is 6.94. The number of halogens is 1. The molecule has 0 aliphatic carbocycles. The number of aromatic nitrogens is 2. The number of fused-ring (bicyclic) bond motifs is 1. The van der Waals surface area contributed by atoms with Crippen LogP contribution in [0.1, 0.15) is 13.8 Å². The number of hydrogen-bond donors (Lipinski definition) is 1. The predicted molar refractivity (Wildman–Crippen MR) is 80.6 cm³/mol. The summed E-state index contributed by atoms with van der Waals surface area (Å²) in [5, 5.41) is 2.96. The maximum Gasteiger partial charge on any atom is 0.171 e. The fourth-order valence-electron chi connectivity index (χ4n) is 2.53. The van der Waals surface area contributed by atoms with Gasteiger partial charge in [-0.3, -0.25) is 4.79 Å². The molecule has 0 spiro atoms. The molecule has 2 fully saturated rings. The highest BCUT2D eigenvalue weighted by atomic mass is 35.5. The lowest BCUT2D eigenvalue weighted by molar-refractivity contribution is -0.147. The van der Waals surface area contributed by atoms with E-state index in [0.29, 0.717) is 5.82 Å². The van der Waals surface area contributed by atoms with E-state index >= 15 is 0 Å². The van der Waals surface area contributed by atoms with E-state index in [0.717, 1.165) is 5.75 Å². The Hall–Kier alpha value is -0.890. The van der Waals surface area contributed by atoms with Crippen molar-refractivity contribution in [3.05, 3.63) is 17.5 Å². The number of nitrogens with one attached hydrogen (secondary N) is 1. The van der Waals surface area contributed by atoms with Crippen molar-refractivity contribution in [2.75, 3.05) is 17.6 Å². The number of ether oxygens (including phenoxy) is 2. The molecule has 6 nitrogen and oxygen atoms in total. The lowest BCUT2D eigenvalue weighted by atomic mass is 10.1. The van der Waals surface area contributed by atoms with Gasteiger partial charge >= 0.3 is 0 Å². The highest BCUT2D eigenvalue weighted by Crippen LogP contribution is 2.41. The SMILES string of the molecule is CC1(C)O[C@@H]2[C@@H](CS[C@H]2C(=O)CNc2nccnc2Cl)O1. The average molecular weight is 330 g/mol. The molecule has 21 heavy (non-hydrogen) atoms. The summed E-state index contributed by atoms with van der Waals surface area (Å²) >= 11 is 7.47. The van der Waals surface area contributed by atoms with Crippen molar-refractivity contribution in [2.24, 2.45) is 0 Å². The summed E-state index contributed by atoms with van der Waals surface area (Å²) < 4.78 is 11.6. The molecular weight excluding hydrogens is 314 g/mol. The Morgan fingerprint density at radius 2 is 2.24 bits per heavy atom. The molecule has 3 rings (SSSR count). The first-order valence-corrected chi connectivity index (χ1v) is 8.09. The van der Waals surface area contributed by atoms with Crippen molar-refractivity contribution in [1.29, 1.82) is 0 Å². The van der Waals surface area contributed by atoms with E-state index in [4.69, 9.17) is 21.1 Å². The minimum absolute atomic E-state index is 0.0148. The second kappa shape index (κ2) is 5.72. The average Bonchev–Trinajstić information content (AvgIpc) is 2.92. The Morgan fingerprint density at radius 3 is 3.00 bits per heavy atom. The summed E-state index contributed by atoms with van der Waals surface area (Å²) in [5.41, 5.74) is 0. The van der Waals surface area contributed by atoms with Crippen molar-refractivity contribution in [2.45, 2.75) is 37.1 Å². The van der Waals surface area contributed by atoms with Crippen molar-refractivity contribution in [3.8, 4) is 0 Å². The summed E-state index contributed by atoms with van der Waals surface area (Å²) in [6.45, 7) is 3.88. The van der Waals surface area contributed by atoms with Gasteiger partial charge in [0.05, 0.1) is 17.9 Å². The van der Waals surface area contributed by atoms with Gasteiger partial charge in [0.2, 0.25) is 0 Å². The third-order valence-corrected chi connectivity index (χ3v) is 5.05. The van der Waals surface area contributed by atoms with Gasteiger partial charge < -0.3 is 14.8 Å². The number of thioether (sulfide) groups is 1. The Labute approximate surface area is 132 Å². The normalized spacial score (nSPS) is 30.1. The number of nitrogens with zero attached hydrogens (tertiary/aromatic N) is 2. The molecule has 1 N–H and O–H groups in total. The molecule has 0 aromatic carbocycles. The molecule has 1 aromatic rings. The van der Waals surface area contributed by atoms with Crippen LogP contribution in [0.15, 0.2) is 12.4 Å². The molecule has 0 bridgehead atoms. The van der Waals surface area contributed by atoms with Gasteiger partial charge in [0.1, 0.15) is 6.10 Å². The van der Waals surface area contributed by atoms with Gasteiger partial charge in [-0.1, -0.05) is 11.6 Å². The standard InChI is InChI=1S/C13H16ClN3O3S/c1-13(2)19-8-6-21-10(9(8)20-13)7(18)5-17-12-11(14)15-3-4-16-12/h3-4,8-10H,5-6H2,1-2H3,(H,16,17)/t8-,9-,10+/m1/s1. The van der Waals surface area contributed by atoms with E-state index in [1.54, 1.807) is 11.8 Å². The zero-order valence-corrected chi connectivity index (χ0v) is 13.3. The Kier molecular flexibility index (Phi) is 4.09. The van der Waals surface area contributed by atoms with Crippen LogP contribution < -0.4 is 5.32 Å². The molecule has 0 saturated carbocycles. The number of Topliss-reactive ketones (excluding diaryl/α,β-unsaturated/α-hetero) is 1. The van der Waals surface area contributed by atoms with E-state index in [9.17, 15) is 4.79 Å². The van der Waals surface area contributed by atoms with Gasteiger partial charge in [-0.15, -0.1) is 11.8 Å². The Bertz CT molecular complexity index is 557. The van der Waals surface area contributed by atoms with Gasteiger partial charge in [-0.2, -0.15) is 0 Å². The van der Waals surface area contributed by atoms with Crippen LogP contribution in [-0.2, 0) is 14.3 Å². The second-order valence-electron chi connectivity index (χ2n) is 5.41. The van der Waals surface area contributed by atoms with E-state index in [2.05, 4.69) is 15.3 Å². The molecule has 2 aliphatic heterocycles. The monoisotopic (exact) mass is 329 g/mol. The Balaban J connectivity index is 1.60. The molecule has 8 heteroatoms. The third kappa shape index (κ3) is 3.15. The number of ketones is 1. The smallest absolute Gasteiger partial charge is 0.171 e. The van der Waals surface area contributed by atoms with Gasteiger partial charge in [-0.25, -0.2) is 9.97 Å².